The summed E-state index contributed by atoms with van der Waals surface area (Å²) in [4.78, 5) is 0. The van der Waals surface area contributed by atoms with Crippen LogP contribution in [0.2, 0.25) is 0 Å². The fourth-order valence-electron chi connectivity index (χ4n) is 2.23. The highest BCUT2D eigenvalue weighted by molar-refractivity contribution is 9.10. The number of hydrogen-bond acceptors (Lipinski definition) is 1. The van der Waals surface area contributed by atoms with E-state index in [1.54, 1.807) is 12.1 Å². The first-order valence-electron chi connectivity index (χ1n) is 6.38. The molecule has 0 aliphatic rings. The van der Waals surface area contributed by atoms with Crippen LogP contribution in [0, 0.1) is 0 Å². The summed E-state index contributed by atoms with van der Waals surface area (Å²) in [5, 5.41) is 9.59. The Morgan fingerprint density at radius 1 is 0.600 bits per heavy atom. The number of rotatable bonds is 2. The molecule has 3 rings (SSSR count). The molecule has 0 aromatic heterocycles. The van der Waals surface area contributed by atoms with E-state index < -0.39 is 0 Å². The zero-order valence-electron chi connectivity index (χ0n) is 10.8. The minimum absolute atomic E-state index is 0.287. The first-order valence-corrected chi connectivity index (χ1v) is 7.17. The molecular formula is C18H13BrO. The Labute approximate surface area is 126 Å². The van der Waals surface area contributed by atoms with Gasteiger partial charge >= 0.3 is 0 Å². The van der Waals surface area contributed by atoms with Crippen LogP contribution in [0.3, 0.4) is 0 Å². The molecule has 20 heavy (non-hydrogen) atoms. The van der Waals surface area contributed by atoms with Crippen LogP contribution >= 0.6 is 15.9 Å². The van der Waals surface area contributed by atoms with Crippen molar-refractivity contribution in [2.75, 3.05) is 0 Å². The standard InChI is InChI=1S/C18H13BrO/c19-17-8-2-6-15(11-17)13-4-1-5-14(10-13)16-7-3-9-18(20)12-16/h1-12,20H. The fourth-order valence-corrected chi connectivity index (χ4v) is 2.63. The van der Waals surface area contributed by atoms with Gasteiger partial charge < -0.3 is 5.11 Å². The fraction of sp³-hybridized carbons (Fsp3) is 0. The topological polar surface area (TPSA) is 20.2 Å². The van der Waals surface area contributed by atoms with Gasteiger partial charge in [0.25, 0.3) is 0 Å². The molecule has 2 heteroatoms. The van der Waals surface area contributed by atoms with Gasteiger partial charge in [-0.3, -0.25) is 0 Å². The summed E-state index contributed by atoms with van der Waals surface area (Å²) in [5.74, 6) is 0.287. The number of benzene rings is 3. The molecule has 0 heterocycles. The summed E-state index contributed by atoms with van der Waals surface area (Å²) >= 11 is 3.50. The molecule has 0 aliphatic heterocycles. The number of halogens is 1. The predicted octanol–water partition coefficient (Wildman–Crippen LogP) is 5.49. The predicted molar refractivity (Wildman–Crippen MR) is 86.7 cm³/mol. The van der Waals surface area contributed by atoms with Gasteiger partial charge in [-0.15, -0.1) is 0 Å². The van der Waals surface area contributed by atoms with Crippen molar-refractivity contribution in [3.05, 3.63) is 77.3 Å². The van der Waals surface area contributed by atoms with E-state index in [1.807, 2.05) is 30.3 Å². The number of phenols is 1. The highest BCUT2D eigenvalue weighted by atomic mass is 79.9. The lowest BCUT2D eigenvalue weighted by atomic mass is 9.99. The van der Waals surface area contributed by atoms with E-state index in [1.165, 1.54) is 5.56 Å². The van der Waals surface area contributed by atoms with Gasteiger partial charge in [0, 0.05) is 4.47 Å². The van der Waals surface area contributed by atoms with Crippen molar-refractivity contribution in [1.29, 1.82) is 0 Å². The number of aromatic hydroxyl groups is 1. The Bertz CT molecular complexity index is 689. The second kappa shape index (κ2) is 5.51. The van der Waals surface area contributed by atoms with Crippen molar-refractivity contribution in [1.82, 2.24) is 0 Å². The monoisotopic (exact) mass is 324 g/mol. The van der Waals surface area contributed by atoms with E-state index in [2.05, 4.69) is 46.3 Å². The van der Waals surface area contributed by atoms with Gasteiger partial charge in [0.2, 0.25) is 0 Å². The number of phenolic OH excluding ortho intramolecular Hbond substituents is 1. The lowest BCUT2D eigenvalue weighted by Gasteiger charge is -2.07. The van der Waals surface area contributed by atoms with E-state index in [0.717, 1.165) is 21.2 Å². The summed E-state index contributed by atoms with van der Waals surface area (Å²) in [6.07, 6.45) is 0. The highest BCUT2D eigenvalue weighted by Crippen LogP contribution is 2.29. The molecule has 98 valence electrons. The van der Waals surface area contributed by atoms with E-state index in [-0.39, 0.29) is 5.75 Å². The molecule has 0 atom stereocenters. The van der Waals surface area contributed by atoms with Gasteiger partial charge in [-0.25, -0.2) is 0 Å². The van der Waals surface area contributed by atoms with Gasteiger partial charge in [-0.1, -0.05) is 58.4 Å². The van der Waals surface area contributed by atoms with Gasteiger partial charge in [-0.05, 0) is 52.6 Å². The van der Waals surface area contributed by atoms with Crippen LogP contribution < -0.4 is 0 Å². The molecule has 0 aliphatic carbocycles. The first-order chi connectivity index (χ1) is 9.72. The molecule has 0 bridgehead atoms. The third-order valence-corrected chi connectivity index (χ3v) is 3.69. The third-order valence-electron chi connectivity index (χ3n) is 3.20. The van der Waals surface area contributed by atoms with Crippen LogP contribution in [0.4, 0.5) is 0 Å². The molecule has 1 nitrogen and oxygen atoms in total. The van der Waals surface area contributed by atoms with Crippen molar-refractivity contribution in [3.63, 3.8) is 0 Å². The van der Waals surface area contributed by atoms with Gasteiger partial charge in [0.1, 0.15) is 5.75 Å². The van der Waals surface area contributed by atoms with Crippen LogP contribution in [-0.2, 0) is 0 Å². The lowest BCUT2D eigenvalue weighted by molar-refractivity contribution is 0.475. The van der Waals surface area contributed by atoms with Crippen molar-refractivity contribution in [2.24, 2.45) is 0 Å². The van der Waals surface area contributed by atoms with Crippen molar-refractivity contribution in [3.8, 4) is 28.0 Å². The molecule has 0 unspecified atom stereocenters. The van der Waals surface area contributed by atoms with Crippen molar-refractivity contribution >= 4 is 15.9 Å². The number of hydrogen-bond donors (Lipinski definition) is 1. The van der Waals surface area contributed by atoms with E-state index in [4.69, 9.17) is 0 Å². The molecular weight excluding hydrogens is 312 g/mol. The average molecular weight is 325 g/mol. The van der Waals surface area contributed by atoms with Crippen LogP contribution in [0.1, 0.15) is 0 Å². The molecule has 3 aromatic carbocycles. The van der Waals surface area contributed by atoms with Crippen LogP contribution in [0.15, 0.2) is 77.3 Å². The Morgan fingerprint density at radius 2 is 1.10 bits per heavy atom. The lowest BCUT2D eigenvalue weighted by Crippen LogP contribution is -1.81. The summed E-state index contributed by atoms with van der Waals surface area (Å²) in [5.41, 5.74) is 4.44. The summed E-state index contributed by atoms with van der Waals surface area (Å²) in [7, 11) is 0. The van der Waals surface area contributed by atoms with E-state index in [9.17, 15) is 5.11 Å². The maximum absolute atomic E-state index is 9.59. The SMILES string of the molecule is Oc1cccc(-c2cccc(-c3cccc(Br)c3)c2)c1. The second-order valence-electron chi connectivity index (χ2n) is 4.64. The van der Waals surface area contributed by atoms with Crippen molar-refractivity contribution in [2.45, 2.75) is 0 Å². The zero-order chi connectivity index (χ0) is 13.9. The molecule has 0 radical (unpaired) electrons. The molecule has 0 spiro atoms. The smallest absolute Gasteiger partial charge is 0.116 e. The average Bonchev–Trinajstić information content (AvgIpc) is 2.47. The maximum atomic E-state index is 9.59. The molecule has 0 fully saturated rings. The Hall–Kier alpha value is -2.06. The Balaban J connectivity index is 2.06. The normalized spacial score (nSPS) is 10.4. The summed E-state index contributed by atoms with van der Waals surface area (Å²) in [6, 6.07) is 23.9. The van der Waals surface area contributed by atoms with Crippen LogP contribution in [0.25, 0.3) is 22.3 Å². The third kappa shape index (κ3) is 2.75. The Kier molecular flexibility index (Phi) is 3.57. The summed E-state index contributed by atoms with van der Waals surface area (Å²) < 4.78 is 1.07. The molecule has 0 saturated carbocycles. The molecule has 1 N–H and O–H groups in total. The van der Waals surface area contributed by atoms with Gasteiger partial charge in [0.05, 0.1) is 0 Å². The highest BCUT2D eigenvalue weighted by Gasteiger charge is 2.02. The minimum Gasteiger partial charge on any atom is -0.508 e. The molecule has 0 amide bonds. The molecule has 3 aromatic rings. The largest absolute Gasteiger partial charge is 0.508 e. The van der Waals surface area contributed by atoms with Gasteiger partial charge in [0.15, 0.2) is 0 Å². The van der Waals surface area contributed by atoms with Gasteiger partial charge in [-0.2, -0.15) is 0 Å². The first kappa shape index (κ1) is 12.9. The van der Waals surface area contributed by atoms with E-state index in [0.29, 0.717) is 0 Å². The maximum Gasteiger partial charge on any atom is 0.116 e. The van der Waals surface area contributed by atoms with E-state index >= 15 is 0 Å². The zero-order valence-corrected chi connectivity index (χ0v) is 12.3. The minimum atomic E-state index is 0.287. The quantitative estimate of drug-likeness (QED) is 0.661. The van der Waals surface area contributed by atoms with Crippen LogP contribution in [-0.4, -0.2) is 5.11 Å². The molecule has 0 saturated heterocycles. The Morgan fingerprint density at radius 3 is 1.70 bits per heavy atom. The summed E-state index contributed by atoms with van der Waals surface area (Å²) in [6.45, 7) is 0. The van der Waals surface area contributed by atoms with Crippen LogP contribution in [0.5, 0.6) is 5.75 Å². The second-order valence-corrected chi connectivity index (χ2v) is 5.56. The van der Waals surface area contributed by atoms with Crippen molar-refractivity contribution < 1.29 is 5.11 Å².